The van der Waals surface area contributed by atoms with Gasteiger partial charge in [0.2, 0.25) is 5.28 Å². The van der Waals surface area contributed by atoms with Crippen LogP contribution in [0.25, 0.3) is 0 Å². The van der Waals surface area contributed by atoms with Crippen LogP contribution in [-0.2, 0) is 0 Å². The van der Waals surface area contributed by atoms with E-state index in [4.69, 9.17) is 17.3 Å². The zero-order valence-electron chi connectivity index (χ0n) is 7.83. The minimum Gasteiger partial charge on any atom is -0.394 e. The van der Waals surface area contributed by atoms with Gasteiger partial charge in [-0.1, -0.05) is 12.8 Å². The fraction of sp³-hybridized carbons (Fsp3) is 0.556. The monoisotopic (exact) mass is 212 g/mol. The van der Waals surface area contributed by atoms with Crippen molar-refractivity contribution in [3.8, 4) is 0 Å². The fourth-order valence-corrected chi connectivity index (χ4v) is 1.88. The van der Waals surface area contributed by atoms with Crippen molar-refractivity contribution in [1.82, 2.24) is 9.97 Å². The molecular formula is C9H13ClN4. The summed E-state index contributed by atoms with van der Waals surface area (Å²) in [6.07, 6.45) is 6.45. The average Bonchev–Trinajstić information content (AvgIpc) is 2.64. The Bertz CT molecular complexity index is 323. The molecule has 1 fully saturated rings. The van der Waals surface area contributed by atoms with E-state index < -0.39 is 0 Å². The number of hydrogen-bond acceptors (Lipinski definition) is 4. The third-order valence-electron chi connectivity index (χ3n) is 2.48. The predicted octanol–water partition coefficient (Wildman–Crippen LogP) is 2.07. The normalized spacial score (nSPS) is 17.2. The van der Waals surface area contributed by atoms with Crippen molar-refractivity contribution < 1.29 is 0 Å². The summed E-state index contributed by atoms with van der Waals surface area (Å²) in [5, 5.41) is 3.53. The van der Waals surface area contributed by atoms with Crippen LogP contribution < -0.4 is 11.1 Å². The summed E-state index contributed by atoms with van der Waals surface area (Å²) in [5.41, 5.74) is 6.28. The van der Waals surface area contributed by atoms with E-state index in [2.05, 4.69) is 15.3 Å². The smallest absolute Gasteiger partial charge is 0.224 e. The molecular weight excluding hydrogens is 200 g/mol. The maximum absolute atomic E-state index is 5.72. The van der Waals surface area contributed by atoms with Crippen LogP contribution in [0.15, 0.2) is 6.20 Å². The van der Waals surface area contributed by atoms with Crippen molar-refractivity contribution in [3.05, 3.63) is 11.5 Å². The number of nitrogens with two attached hydrogens (primary N) is 1. The number of nitrogens with zero attached hydrogens (tertiary/aromatic N) is 2. The van der Waals surface area contributed by atoms with Crippen molar-refractivity contribution in [2.45, 2.75) is 31.7 Å². The van der Waals surface area contributed by atoms with E-state index in [0.717, 1.165) is 0 Å². The Morgan fingerprint density at radius 1 is 1.43 bits per heavy atom. The Morgan fingerprint density at radius 2 is 2.14 bits per heavy atom. The van der Waals surface area contributed by atoms with Gasteiger partial charge in [0, 0.05) is 6.04 Å². The van der Waals surface area contributed by atoms with Gasteiger partial charge in [0.05, 0.1) is 11.9 Å². The Hall–Kier alpha value is -1.03. The topological polar surface area (TPSA) is 63.8 Å². The molecule has 1 aromatic heterocycles. The maximum atomic E-state index is 5.72. The molecule has 0 aliphatic heterocycles. The largest absolute Gasteiger partial charge is 0.394 e. The maximum Gasteiger partial charge on any atom is 0.224 e. The summed E-state index contributed by atoms with van der Waals surface area (Å²) in [4.78, 5) is 7.86. The molecule has 3 N–H and O–H groups in total. The quantitative estimate of drug-likeness (QED) is 0.737. The molecule has 0 spiro atoms. The van der Waals surface area contributed by atoms with Gasteiger partial charge in [0.25, 0.3) is 0 Å². The highest BCUT2D eigenvalue weighted by atomic mass is 35.5. The van der Waals surface area contributed by atoms with E-state index in [1.165, 1.54) is 31.9 Å². The van der Waals surface area contributed by atoms with Gasteiger partial charge in [-0.25, -0.2) is 4.98 Å². The third-order valence-corrected chi connectivity index (χ3v) is 2.67. The number of nitrogens with one attached hydrogen (secondary N) is 1. The summed E-state index contributed by atoms with van der Waals surface area (Å²) >= 11 is 5.68. The molecule has 0 saturated heterocycles. The molecule has 1 aliphatic carbocycles. The molecule has 2 rings (SSSR count). The molecule has 0 atom stereocenters. The zero-order valence-corrected chi connectivity index (χ0v) is 8.59. The Balaban J connectivity index is 2.10. The molecule has 1 aromatic rings. The predicted molar refractivity (Wildman–Crippen MR) is 57.3 cm³/mol. The van der Waals surface area contributed by atoms with Crippen molar-refractivity contribution in [2.24, 2.45) is 0 Å². The Labute approximate surface area is 87.9 Å². The standard InChI is InChI=1S/C9H13ClN4/c10-9-12-5-7(11)8(14-9)13-6-3-1-2-4-6/h5-6H,1-4,11H2,(H,12,13,14). The van der Waals surface area contributed by atoms with Crippen LogP contribution in [0.3, 0.4) is 0 Å². The average molecular weight is 213 g/mol. The van der Waals surface area contributed by atoms with Crippen molar-refractivity contribution in [2.75, 3.05) is 11.1 Å². The number of hydrogen-bond donors (Lipinski definition) is 2. The molecule has 4 nitrogen and oxygen atoms in total. The first-order chi connectivity index (χ1) is 6.75. The molecule has 5 heteroatoms. The molecule has 1 aliphatic rings. The molecule has 0 aromatic carbocycles. The summed E-state index contributed by atoms with van der Waals surface area (Å²) < 4.78 is 0. The van der Waals surface area contributed by atoms with Crippen LogP contribution >= 0.6 is 11.6 Å². The second-order valence-corrected chi connectivity index (χ2v) is 3.91. The Morgan fingerprint density at radius 3 is 2.86 bits per heavy atom. The second kappa shape index (κ2) is 4.00. The van der Waals surface area contributed by atoms with Crippen LogP contribution in [-0.4, -0.2) is 16.0 Å². The highest BCUT2D eigenvalue weighted by Gasteiger charge is 2.16. The molecule has 14 heavy (non-hydrogen) atoms. The van der Waals surface area contributed by atoms with Crippen LogP contribution in [0.1, 0.15) is 25.7 Å². The fourth-order valence-electron chi connectivity index (χ4n) is 1.75. The van der Waals surface area contributed by atoms with Crippen LogP contribution in [0.4, 0.5) is 11.5 Å². The summed E-state index contributed by atoms with van der Waals surface area (Å²) in [6.45, 7) is 0. The van der Waals surface area contributed by atoms with Crippen molar-refractivity contribution >= 4 is 23.1 Å². The van der Waals surface area contributed by atoms with Gasteiger partial charge in [0.1, 0.15) is 0 Å². The van der Waals surface area contributed by atoms with Crippen LogP contribution in [0.5, 0.6) is 0 Å². The SMILES string of the molecule is Nc1cnc(Cl)nc1NC1CCCC1. The van der Waals surface area contributed by atoms with Crippen molar-refractivity contribution in [1.29, 1.82) is 0 Å². The summed E-state index contributed by atoms with van der Waals surface area (Å²) in [5.74, 6) is 0.664. The molecule has 0 radical (unpaired) electrons. The van der Waals surface area contributed by atoms with Crippen molar-refractivity contribution in [3.63, 3.8) is 0 Å². The van der Waals surface area contributed by atoms with Gasteiger partial charge >= 0.3 is 0 Å². The number of halogens is 1. The van der Waals surface area contributed by atoms with E-state index in [1.807, 2.05) is 0 Å². The highest BCUT2D eigenvalue weighted by molar-refractivity contribution is 6.28. The minimum absolute atomic E-state index is 0.236. The zero-order chi connectivity index (χ0) is 9.97. The third kappa shape index (κ3) is 2.07. The van der Waals surface area contributed by atoms with E-state index in [1.54, 1.807) is 0 Å². The lowest BCUT2D eigenvalue weighted by molar-refractivity contribution is 0.750. The van der Waals surface area contributed by atoms with Gasteiger partial charge in [-0.3, -0.25) is 0 Å². The highest BCUT2D eigenvalue weighted by Crippen LogP contribution is 2.24. The van der Waals surface area contributed by atoms with Gasteiger partial charge in [-0.05, 0) is 24.4 Å². The Kier molecular flexibility index (Phi) is 2.72. The van der Waals surface area contributed by atoms with E-state index >= 15 is 0 Å². The number of nitrogen functional groups attached to an aromatic ring is 1. The lowest BCUT2D eigenvalue weighted by atomic mass is 10.2. The molecule has 0 unspecified atom stereocenters. The van der Waals surface area contributed by atoms with E-state index in [-0.39, 0.29) is 5.28 Å². The number of aromatic nitrogens is 2. The molecule has 1 heterocycles. The first-order valence-corrected chi connectivity index (χ1v) is 5.18. The van der Waals surface area contributed by atoms with Gasteiger partial charge in [-0.2, -0.15) is 4.98 Å². The molecule has 0 bridgehead atoms. The second-order valence-electron chi connectivity index (χ2n) is 3.57. The number of rotatable bonds is 2. The first kappa shape index (κ1) is 9.52. The lowest BCUT2D eigenvalue weighted by Crippen LogP contribution is -2.17. The molecule has 0 amide bonds. The van der Waals surface area contributed by atoms with E-state index in [0.29, 0.717) is 17.5 Å². The van der Waals surface area contributed by atoms with E-state index in [9.17, 15) is 0 Å². The van der Waals surface area contributed by atoms with Crippen LogP contribution in [0, 0.1) is 0 Å². The van der Waals surface area contributed by atoms with Gasteiger partial charge in [-0.15, -0.1) is 0 Å². The number of anilines is 2. The summed E-state index contributed by atoms with van der Waals surface area (Å²) in [7, 11) is 0. The first-order valence-electron chi connectivity index (χ1n) is 4.80. The lowest BCUT2D eigenvalue weighted by Gasteiger charge is -2.13. The van der Waals surface area contributed by atoms with Crippen LogP contribution in [0.2, 0.25) is 5.28 Å². The molecule has 1 saturated carbocycles. The summed E-state index contributed by atoms with van der Waals surface area (Å²) in [6, 6.07) is 0.489. The van der Waals surface area contributed by atoms with Gasteiger partial charge in [0.15, 0.2) is 5.82 Å². The molecule has 76 valence electrons. The minimum atomic E-state index is 0.236. The van der Waals surface area contributed by atoms with Gasteiger partial charge < -0.3 is 11.1 Å².